The number of rotatable bonds is 4. The van der Waals surface area contributed by atoms with E-state index in [1.54, 1.807) is 7.11 Å². The summed E-state index contributed by atoms with van der Waals surface area (Å²) in [4.78, 5) is 0. The summed E-state index contributed by atoms with van der Waals surface area (Å²) in [5.74, 6) is 1.48. The summed E-state index contributed by atoms with van der Waals surface area (Å²) in [6, 6.07) is 8.10. The Hall–Kier alpha value is -0.950. The van der Waals surface area contributed by atoms with Gasteiger partial charge >= 0.3 is 0 Å². The van der Waals surface area contributed by atoms with E-state index in [1.807, 2.05) is 24.3 Å². The number of alkyl halides is 1. The maximum Gasteiger partial charge on any atom is 0.122 e. The summed E-state index contributed by atoms with van der Waals surface area (Å²) in [5.41, 5.74) is 2.23. The van der Waals surface area contributed by atoms with Gasteiger partial charge in [0.2, 0.25) is 0 Å². The lowest BCUT2D eigenvalue weighted by Gasteiger charge is -2.06. The highest BCUT2D eigenvalue weighted by atomic mass is 35.5. The molecule has 0 unspecified atom stereocenters. The lowest BCUT2D eigenvalue weighted by atomic mass is 10.1. The van der Waals surface area contributed by atoms with Crippen LogP contribution in [0.15, 0.2) is 30.3 Å². The highest BCUT2D eigenvalue weighted by molar-refractivity contribution is 6.17. The van der Waals surface area contributed by atoms with Gasteiger partial charge in [-0.05, 0) is 18.1 Å². The predicted molar refractivity (Wildman–Crippen MR) is 61.3 cm³/mol. The fraction of sp³-hybridized carbons (Fsp3) is 0.333. The van der Waals surface area contributed by atoms with Crippen molar-refractivity contribution in [2.45, 2.75) is 19.2 Å². The van der Waals surface area contributed by atoms with Gasteiger partial charge in [-0.15, -0.1) is 11.6 Å². The molecule has 2 heteroatoms. The summed E-state index contributed by atoms with van der Waals surface area (Å²) in [6.07, 6.45) is 3.04. The van der Waals surface area contributed by atoms with Gasteiger partial charge in [-0.1, -0.05) is 31.2 Å². The molecule has 76 valence electrons. The zero-order valence-electron chi connectivity index (χ0n) is 8.59. The van der Waals surface area contributed by atoms with Crippen molar-refractivity contribution in [1.29, 1.82) is 0 Å². The molecule has 0 aromatic heterocycles. The molecule has 0 heterocycles. The zero-order chi connectivity index (χ0) is 10.4. The van der Waals surface area contributed by atoms with Crippen molar-refractivity contribution in [1.82, 2.24) is 0 Å². The van der Waals surface area contributed by atoms with Crippen LogP contribution in [0.5, 0.6) is 0 Å². The molecule has 0 N–H and O–H groups in total. The highest BCUT2D eigenvalue weighted by Crippen LogP contribution is 2.17. The summed E-state index contributed by atoms with van der Waals surface area (Å²) in [5, 5.41) is 0. The molecule has 14 heavy (non-hydrogen) atoms. The van der Waals surface area contributed by atoms with E-state index in [0.717, 1.165) is 23.3 Å². The van der Waals surface area contributed by atoms with Gasteiger partial charge in [-0.25, -0.2) is 0 Å². The Balaban J connectivity index is 2.89. The number of benzene rings is 1. The van der Waals surface area contributed by atoms with Crippen LogP contribution in [-0.4, -0.2) is 7.11 Å². The summed E-state index contributed by atoms with van der Waals surface area (Å²) in [7, 11) is 1.69. The minimum atomic E-state index is 0.556. The van der Waals surface area contributed by atoms with Crippen LogP contribution >= 0.6 is 11.6 Å². The third kappa shape index (κ3) is 2.78. The second-order valence-electron chi connectivity index (χ2n) is 3.01. The highest BCUT2D eigenvalue weighted by Gasteiger charge is 1.99. The quantitative estimate of drug-likeness (QED) is 0.542. The van der Waals surface area contributed by atoms with E-state index in [2.05, 4.69) is 13.0 Å². The van der Waals surface area contributed by atoms with Crippen molar-refractivity contribution < 1.29 is 4.74 Å². The molecule has 0 fully saturated rings. The topological polar surface area (TPSA) is 9.23 Å². The average Bonchev–Trinajstić information content (AvgIpc) is 2.26. The number of hydrogen-bond acceptors (Lipinski definition) is 1. The summed E-state index contributed by atoms with van der Waals surface area (Å²) in [6.45, 7) is 2.09. The van der Waals surface area contributed by atoms with Crippen LogP contribution in [0.2, 0.25) is 0 Å². The molecule has 0 spiro atoms. The number of hydrogen-bond donors (Lipinski definition) is 0. The van der Waals surface area contributed by atoms with Crippen molar-refractivity contribution in [2.24, 2.45) is 0 Å². The van der Waals surface area contributed by atoms with Crippen LogP contribution in [0.4, 0.5) is 0 Å². The molecule has 1 rings (SSSR count). The largest absolute Gasteiger partial charge is 0.496 e. The minimum Gasteiger partial charge on any atom is -0.496 e. The Bertz CT molecular complexity index is 301. The molecule has 1 aromatic carbocycles. The lowest BCUT2D eigenvalue weighted by molar-refractivity contribution is 0.369. The van der Waals surface area contributed by atoms with Crippen molar-refractivity contribution in [3.05, 3.63) is 41.5 Å². The van der Waals surface area contributed by atoms with Crippen molar-refractivity contribution in [2.75, 3.05) is 7.11 Å². The fourth-order valence-corrected chi connectivity index (χ4v) is 1.44. The van der Waals surface area contributed by atoms with E-state index in [9.17, 15) is 0 Å². The molecule has 0 aliphatic carbocycles. The maximum absolute atomic E-state index is 5.71. The number of ether oxygens (including phenoxy) is 1. The summed E-state index contributed by atoms with van der Waals surface area (Å²) >= 11 is 5.71. The van der Waals surface area contributed by atoms with Crippen LogP contribution in [0.3, 0.4) is 0 Å². The molecule has 0 bridgehead atoms. The number of methoxy groups -OCH3 is 1. The first kappa shape index (κ1) is 11.1. The molecular weight excluding hydrogens is 196 g/mol. The van der Waals surface area contributed by atoms with E-state index < -0.39 is 0 Å². The van der Waals surface area contributed by atoms with E-state index in [-0.39, 0.29) is 0 Å². The van der Waals surface area contributed by atoms with E-state index >= 15 is 0 Å². The molecule has 0 aliphatic heterocycles. The van der Waals surface area contributed by atoms with Gasteiger partial charge < -0.3 is 4.74 Å². The third-order valence-electron chi connectivity index (χ3n) is 2.00. The van der Waals surface area contributed by atoms with Gasteiger partial charge in [0.15, 0.2) is 0 Å². The van der Waals surface area contributed by atoms with Crippen molar-refractivity contribution in [3.8, 4) is 0 Å². The molecule has 1 nitrogen and oxygen atoms in total. The first-order valence-electron chi connectivity index (χ1n) is 4.71. The Morgan fingerprint density at radius 3 is 2.43 bits per heavy atom. The van der Waals surface area contributed by atoms with E-state index in [4.69, 9.17) is 16.3 Å². The normalized spacial score (nSPS) is 11.5. The molecular formula is C12H15ClO. The van der Waals surface area contributed by atoms with Crippen LogP contribution in [-0.2, 0) is 10.6 Å². The maximum atomic E-state index is 5.71. The molecule has 1 aromatic rings. The Morgan fingerprint density at radius 2 is 2.00 bits per heavy atom. The Labute approximate surface area is 90.3 Å². The number of allylic oxidation sites excluding steroid dienone is 1. The third-order valence-corrected chi connectivity index (χ3v) is 2.31. The molecule has 0 saturated carbocycles. The van der Waals surface area contributed by atoms with Crippen LogP contribution < -0.4 is 0 Å². The minimum absolute atomic E-state index is 0.556. The smallest absolute Gasteiger partial charge is 0.122 e. The van der Waals surface area contributed by atoms with Crippen LogP contribution in [0, 0.1) is 0 Å². The SMILES string of the molecule is CC/C=C(/OC)c1ccc(CCl)cc1. The van der Waals surface area contributed by atoms with Gasteiger partial charge in [0.25, 0.3) is 0 Å². The van der Waals surface area contributed by atoms with Crippen LogP contribution in [0.25, 0.3) is 5.76 Å². The van der Waals surface area contributed by atoms with Crippen molar-refractivity contribution in [3.63, 3.8) is 0 Å². The van der Waals surface area contributed by atoms with Crippen LogP contribution in [0.1, 0.15) is 24.5 Å². The fourth-order valence-electron chi connectivity index (χ4n) is 1.26. The van der Waals surface area contributed by atoms with Crippen molar-refractivity contribution >= 4 is 17.4 Å². The first-order valence-corrected chi connectivity index (χ1v) is 5.24. The number of halogens is 1. The molecule has 0 amide bonds. The zero-order valence-corrected chi connectivity index (χ0v) is 9.34. The molecule has 0 saturated heterocycles. The first-order chi connectivity index (χ1) is 6.81. The second kappa shape index (κ2) is 5.71. The molecule has 0 atom stereocenters. The van der Waals surface area contributed by atoms with E-state index in [1.165, 1.54) is 0 Å². The lowest BCUT2D eigenvalue weighted by Crippen LogP contribution is -1.88. The Kier molecular flexibility index (Phi) is 4.54. The molecule has 0 radical (unpaired) electrons. The summed E-state index contributed by atoms with van der Waals surface area (Å²) < 4.78 is 5.28. The van der Waals surface area contributed by atoms with Gasteiger partial charge in [0, 0.05) is 11.4 Å². The van der Waals surface area contributed by atoms with Gasteiger partial charge in [-0.2, -0.15) is 0 Å². The standard InChI is InChI=1S/C12H15ClO/c1-3-4-12(14-2)11-7-5-10(9-13)6-8-11/h4-8H,3,9H2,1-2H3/b12-4+. The predicted octanol–water partition coefficient (Wildman–Crippen LogP) is 3.82. The second-order valence-corrected chi connectivity index (χ2v) is 3.28. The molecule has 0 aliphatic rings. The average molecular weight is 211 g/mol. The monoisotopic (exact) mass is 210 g/mol. The van der Waals surface area contributed by atoms with Gasteiger partial charge in [-0.3, -0.25) is 0 Å². The van der Waals surface area contributed by atoms with E-state index in [0.29, 0.717) is 5.88 Å². The van der Waals surface area contributed by atoms with Gasteiger partial charge in [0.1, 0.15) is 5.76 Å². The van der Waals surface area contributed by atoms with Gasteiger partial charge in [0.05, 0.1) is 7.11 Å². The Morgan fingerprint density at radius 1 is 1.36 bits per heavy atom.